The number of carboxylic acid groups (broad SMARTS) is 1. The van der Waals surface area contributed by atoms with Crippen molar-refractivity contribution in [3.63, 3.8) is 0 Å². The SMILES string of the molecule is O=C(O)C[C@@H](Cc1ccc2ccccc2c1)NC(=O)Cc1ccccc1. The van der Waals surface area contributed by atoms with Crippen LogP contribution in [0.4, 0.5) is 0 Å². The molecule has 0 saturated carbocycles. The van der Waals surface area contributed by atoms with E-state index in [1.54, 1.807) is 0 Å². The first-order valence-corrected chi connectivity index (χ1v) is 8.63. The van der Waals surface area contributed by atoms with Crippen LogP contribution in [0.2, 0.25) is 0 Å². The highest BCUT2D eigenvalue weighted by Gasteiger charge is 2.17. The Labute approximate surface area is 152 Å². The van der Waals surface area contributed by atoms with Gasteiger partial charge in [-0.15, -0.1) is 0 Å². The van der Waals surface area contributed by atoms with Gasteiger partial charge in [-0.3, -0.25) is 9.59 Å². The normalized spacial score (nSPS) is 11.8. The summed E-state index contributed by atoms with van der Waals surface area (Å²) in [6, 6.07) is 23.1. The fourth-order valence-electron chi connectivity index (χ4n) is 3.10. The van der Waals surface area contributed by atoms with Crippen LogP contribution in [0.1, 0.15) is 17.5 Å². The highest BCUT2D eigenvalue weighted by Crippen LogP contribution is 2.17. The average molecular weight is 347 g/mol. The minimum absolute atomic E-state index is 0.104. The summed E-state index contributed by atoms with van der Waals surface area (Å²) >= 11 is 0. The van der Waals surface area contributed by atoms with E-state index < -0.39 is 12.0 Å². The van der Waals surface area contributed by atoms with Crippen molar-refractivity contribution < 1.29 is 14.7 Å². The van der Waals surface area contributed by atoms with E-state index in [2.05, 4.69) is 5.32 Å². The number of carbonyl (C=O) groups is 2. The topological polar surface area (TPSA) is 66.4 Å². The molecule has 3 rings (SSSR count). The molecule has 0 aromatic heterocycles. The minimum Gasteiger partial charge on any atom is -0.481 e. The summed E-state index contributed by atoms with van der Waals surface area (Å²) in [5.41, 5.74) is 1.92. The second-order valence-corrected chi connectivity index (χ2v) is 6.41. The van der Waals surface area contributed by atoms with Crippen molar-refractivity contribution in [2.24, 2.45) is 0 Å². The zero-order valence-corrected chi connectivity index (χ0v) is 14.4. The maximum Gasteiger partial charge on any atom is 0.305 e. The number of carboxylic acids is 1. The number of benzene rings is 3. The van der Waals surface area contributed by atoms with Gasteiger partial charge in [-0.2, -0.15) is 0 Å². The lowest BCUT2D eigenvalue weighted by Crippen LogP contribution is -2.38. The monoisotopic (exact) mass is 347 g/mol. The summed E-state index contributed by atoms with van der Waals surface area (Å²) in [5, 5.41) is 14.3. The Morgan fingerprint density at radius 1 is 0.846 bits per heavy atom. The zero-order valence-electron chi connectivity index (χ0n) is 14.4. The number of fused-ring (bicyclic) bond motifs is 1. The molecule has 2 N–H and O–H groups in total. The molecule has 1 amide bonds. The van der Waals surface area contributed by atoms with E-state index in [1.807, 2.05) is 72.8 Å². The summed E-state index contributed by atoms with van der Waals surface area (Å²) in [5.74, 6) is -1.08. The predicted octanol–water partition coefficient (Wildman–Crippen LogP) is 3.58. The molecule has 0 radical (unpaired) electrons. The van der Waals surface area contributed by atoms with E-state index in [0.29, 0.717) is 6.42 Å². The molecule has 4 nitrogen and oxygen atoms in total. The first-order valence-electron chi connectivity index (χ1n) is 8.63. The van der Waals surface area contributed by atoms with Crippen LogP contribution in [-0.4, -0.2) is 23.0 Å². The molecule has 0 aliphatic rings. The van der Waals surface area contributed by atoms with Gasteiger partial charge in [0, 0.05) is 6.04 Å². The lowest BCUT2D eigenvalue weighted by atomic mass is 9.99. The molecular formula is C22H21NO3. The number of aliphatic carboxylic acids is 1. The molecule has 3 aromatic rings. The number of nitrogens with one attached hydrogen (secondary N) is 1. The van der Waals surface area contributed by atoms with E-state index >= 15 is 0 Å². The van der Waals surface area contributed by atoms with Gasteiger partial charge in [-0.05, 0) is 28.3 Å². The van der Waals surface area contributed by atoms with Crippen LogP contribution in [0.5, 0.6) is 0 Å². The lowest BCUT2D eigenvalue weighted by Gasteiger charge is -2.17. The molecule has 1 atom stereocenters. The summed E-state index contributed by atoms with van der Waals surface area (Å²) in [6.45, 7) is 0. The van der Waals surface area contributed by atoms with Crippen molar-refractivity contribution in [3.05, 3.63) is 83.9 Å². The Bertz CT molecular complexity index is 905. The van der Waals surface area contributed by atoms with Crippen LogP contribution < -0.4 is 5.32 Å². The van der Waals surface area contributed by atoms with E-state index in [-0.39, 0.29) is 18.7 Å². The molecule has 0 unspecified atom stereocenters. The second kappa shape index (κ2) is 8.30. The van der Waals surface area contributed by atoms with E-state index in [1.165, 1.54) is 0 Å². The van der Waals surface area contributed by atoms with Crippen molar-refractivity contribution >= 4 is 22.6 Å². The molecule has 132 valence electrons. The minimum atomic E-state index is -0.921. The van der Waals surface area contributed by atoms with Crippen LogP contribution in [0, 0.1) is 0 Å². The molecule has 0 bridgehead atoms. The number of hydrogen-bond donors (Lipinski definition) is 2. The molecule has 0 saturated heterocycles. The average Bonchev–Trinajstić information content (AvgIpc) is 2.61. The number of amides is 1. The van der Waals surface area contributed by atoms with Crippen molar-refractivity contribution in [3.8, 4) is 0 Å². The first kappa shape index (κ1) is 17.7. The third-order valence-corrected chi connectivity index (χ3v) is 4.29. The van der Waals surface area contributed by atoms with Gasteiger partial charge in [0.1, 0.15) is 0 Å². The van der Waals surface area contributed by atoms with Crippen LogP contribution in [0.3, 0.4) is 0 Å². The molecule has 4 heteroatoms. The highest BCUT2D eigenvalue weighted by atomic mass is 16.4. The second-order valence-electron chi connectivity index (χ2n) is 6.41. The Morgan fingerprint density at radius 3 is 2.27 bits per heavy atom. The van der Waals surface area contributed by atoms with Gasteiger partial charge in [0.25, 0.3) is 0 Å². The fraction of sp³-hybridized carbons (Fsp3) is 0.182. The number of rotatable bonds is 7. The number of hydrogen-bond acceptors (Lipinski definition) is 2. The molecule has 0 aliphatic carbocycles. The zero-order chi connectivity index (χ0) is 18.4. The smallest absolute Gasteiger partial charge is 0.305 e. The molecule has 0 spiro atoms. The van der Waals surface area contributed by atoms with Gasteiger partial charge < -0.3 is 10.4 Å². The van der Waals surface area contributed by atoms with Crippen LogP contribution >= 0.6 is 0 Å². The van der Waals surface area contributed by atoms with Crippen LogP contribution in [-0.2, 0) is 22.4 Å². The van der Waals surface area contributed by atoms with Crippen LogP contribution in [0.15, 0.2) is 72.8 Å². The van der Waals surface area contributed by atoms with Crippen molar-refractivity contribution in [1.29, 1.82) is 0 Å². The highest BCUT2D eigenvalue weighted by molar-refractivity contribution is 5.83. The number of carbonyl (C=O) groups excluding carboxylic acids is 1. The van der Waals surface area contributed by atoms with Crippen LogP contribution in [0.25, 0.3) is 10.8 Å². The third-order valence-electron chi connectivity index (χ3n) is 4.29. The van der Waals surface area contributed by atoms with Gasteiger partial charge in [-0.1, -0.05) is 72.8 Å². The van der Waals surface area contributed by atoms with Gasteiger partial charge >= 0.3 is 5.97 Å². The van der Waals surface area contributed by atoms with Crippen molar-refractivity contribution in [1.82, 2.24) is 5.32 Å². The molecule has 0 fully saturated rings. The van der Waals surface area contributed by atoms with Crippen molar-refractivity contribution in [2.75, 3.05) is 0 Å². The quantitative estimate of drug-likeness (QED) is 0.686. The Morgan fingerprint density at radius 2 is 1.54 bits per heavy atom. The summed E-state index contributed by atoms with van der Waals surface area (Å²) in [7, 11) is 0. The van der Waals surface area contributed by atoms with Gasteiger partial charge in [0.05, 0.1) is 12.8 Å². The van der Waals surface area contributed by atoms with Gasteiger partial charge in [0.15, 0.2) is 0 Å². The molecule has 26 heavy (non-hydrogen) atoms. The molecule has 3 aromatic carbocycles. The first-order chi connectivity index (χ1) is 12.6. The van der Waals surface area contributed by atoms with E-state index in [4.69, 9.17) is 0 Å². The largest absolute Gasteiger partial charge is 0.481 e. The van der Waals surface area contributed by atoms with Gasteiger partial charge in [0.2, 0.25) is 5.91 Å². The standard InChI is InChI=1S/C22H21NO3/c24-21(14-16-6-2-1-3-7-16)23-20(15-22(25)26)13-17-10-11-18-8-4-5-9-19(18)12-17/h1-12,20H,13-15H2,(H,23,24)(H,25,26)/t20-/m1/s1. The van der Waals surface area contributed by atoms with E-state index in [9.17, 15) is 14.7 Å². The van der Waals surface area contributed by atoms with Crippen molar-refractivity contribution in [2.45, 2.75) is 25.3 Å². The fourth-order valence-corrected chi connectivity index (χ4v) is 3.10. The maximum absolute atomic E-state index is 12.3. The Kier molecular flexibility index (Phi) is 5.64. The summed E-state index contributed by atoms with van der Waals surface area (Å²) < 4.78 is 0. The Balaban J connectivity index is 1.70. The Hall–Kier alpha value is -3.14. The molecule has 0 aliphatic heterocycles. The summed E-state index contributed by atoms with van der Waals surface area (Å²) in [6.07, 6.45) is 0.625. The third kappa shape index (κ3) is 4.93. The van der Waals surface area contributed by atoms with Gasteiger partial charge in [-0.25, -0.2) is 0 Å². The lowest BCUT2D eigenvalue weighted by molar-refractivity contribution is -0.137. The molecule has 0 heterocycles. The predicted molar refractivity (Wildman–Crippen MR) is 102 cm³/mol. The molecular weight excluding hydrogens is 326 g/mol. The summed E-state index contributed by atoms with van der Waals surface area (Å²) in [4.78, 5) is 23.5. The van der Waals surface area contributed by atoms with E-state index in [0.717, 1.165) is 21.9 Å². The maximum atomic E-state index is 12.3.